The van der Waals surface area contributed by atoms with Gasteiger partial charge >= 0.3 is 0 Å². The van der Waals surface area contributed by atoms with Crippen LogP contribution in [0.1, 0.15) is 27.6 Å². The molecule has 0 spiro atoms. The molecule has 0 unspecified atom stereocenters. The SMILES string of the molecule is CC(=O)c1cc(NC(=O)c2ccccc2)n(C)c1. The second kappa shape index (κ2) is 4.87. The fourth-order valence-corrected chi connectivity index (χ4v) is 1.66. The monoisotopic (exact) mass is 242 g/mol. The van der Waals surface area contributed by atoms with Gasteiger partial charge in [0.2, 0.25) is 0 Å². The number of hydrogen-bond acceptors (Lipinski definition) is 2. The Bertz CT molecular complexity index is 585. The summed E-state index contributed by atoms with van der Waals surface area (Å²) in [5.74, 6) is 0.395. The summed E-state index contributed by atoms with van der Waals surface area (Å²) in [7, 11) is 1.78. The molecule has 0 aliphatic rings. The number of benzene rings is 1. The summed E-state index contributed by atoms with van der Waals surface area (Å²) in [6.45, 7) is 1.50. The van der Waals surface area contributed by atoms with Gasteiger partial charge in [0.05, 0.1) is 0 Å². The van der Waals surface area contributed by atoms with Crippen molar-refractivity contribution in [2.75, 3.05) is 5.32 Å². The van der Waals surface area contributed by atoms with Crippen LogP contribution in [0.5, 0.6) is 0 Å². The number of nitrogens with zero attached hydrogens (tertiary/aromatic N) is 1. The van der Waals surface area contributed by atoms with E-state index in [1.165, 1.54) is 6.92 Å². The Balaban J connectivity index is 2.20. The van der Waals surface area contributed by atoms with Crippen molar-refractivity contribution in [2.45, 2.75) is 6.92 Å². The Morgan fingerprint density at radius 2 is 1.78 bits per heavy atom. The quantitative estimate of drug-likeness (QED) is 0.841. The number of carbonyl (C=O) groups is 2. The van der Waals surface area contributed by atoms with Crippen molar-refractivity contribution in [1.82, 2.24) is 4.57 Å². The number of hydrogen-bond donors (Lipinski definition) is 1. The molecule has 0 aliphatic heterocycles. The minimum atomic E-state index is -0.188. The zero-order valence-electron chi connectivity index (χ0n) is 10.3. The average Bonchev–Trinajstić information content (AvgIpc) is 2.72. The minimum Gasteiger partial charge on any atom is -0.337 e. The molecule has 4 heteroatoms. The number of rotatable bonds is 3. The number of aromatic nitrogens is 1. The second-order valence-electron chi connectivity index (χ2n) is 4.10. The lowest BCUT2D eigenvalue weighted by atomic mass is 10.2. The van der Waals surface area contributed by atoms with E-state index >= 15 is 0 Å². The van der Waals surface area contributed by atoms with Gasteiger partial charge in [-0.25, -0.2) is 0 Å². The standard InChI is InChI=1S/C14H14N2O2/c1-10(17)12-8-13(16(2)9-12)15-14(18)11-6-4-3-5-7-11/h3-9H,1-2H3,(H,15,18). The average molecular weight is 242 g/mol. The van der Waals surface area contributed by atoms with Crippen molar-refractivity contribution < 1.29 is 9.59 Å². The van der Waals surface area contributed by atoms with Gasteiger partial charge < -0.3 is 9.88 Å². The summed E-state index contributed by atoms with van der Waals surface area (Å²) in [5, 5.41) is 2.77. The Labute approximate surface area is 105 Å². The molecule has 0 atom stereocenters. The van der Waals surface area contributed by atoms with Crippen LogP contribution in [0.3, 0.4) is 0 Å². The Kier molecular flexibility index (Phi) is 3.28. The molecule has 0 saturated heterocycles. The van der Waals surface area contributed by atoms with Crippen LogP contribution in [0, 0.1) is 0 Å². The van der Waals surface area contributed by atoms with Gasteiger partial charge in [0.15, 0.2) is 5.78 Å². The molecule has 92 valence electrons. The highest BCUT2D eigenvalue weighted by Gasteiger charge is 2.10. The third-order valence-corrected chi connectivity index (χ3v) is 2.69. The molecule has 0 bridgehead atoms. The molecule has 1 amide bonds. The van der Waals surface area contributed by atoms with Crippen LogP contribution in [-0.4, -0.2) is 16.3 Å². The van der Waals surface area contributed by atoms with E-state index in [0.29, 0.717) is 16.9 Å². The van der Waals surface area contributed by atoms with Gasteiger partial charge in [0, 0.05) is 24.4 Å². The van der Waals surface area contributed by atoms with Gasteiger partial charge in [0.1, 0.15) is 5.82 Å². The van der Waals surface area contributed by atoms with Crippen LogP contribution in [0.25, 0.3) is 0 Å². The van der Waals surface area contributed by atoms with E-state index in [4.69, 9.17) is 0 Å². The van der Waals surface area contributed by atoms with Crippen molar-refractivity contribution in [3.63, 3.8) is 0 Å². The lowest BCUT2D eigenvalue weighted by Gasteiger charge is -2.05. The molecule has 0 aliphatic carbocycles. The predicted molar refractivity (Wildman–Crippen MR) is 69.8 cm³/mol. The van der Waals surface area contributed by atoms with Crippen molar-refractivity contribution in [3.8, 4) is 0 Å². The maximum absolute atomic E-state index is 11.9. The van der Waals surface area contributed by atoms with Gasteiger partial charge in [-0.3, -0.25) is 9.59 Å². The molecule has 18 heavy (non-hydrogen) atoms. The number of Topliss-reactive ketones (excluding diaryl/α,β-unsaturated/α-hetero) is 1. The Morgan fingerprint density at radius 3 is 2.33 bits per heavy atom. The van der Waals surface area contributed by atoms with Crippen molar-refractivity contribution in [3.05, 3.63) is 53.7 Å². The molecular weight excluding hydrogens is 228 g/mol. The molecule has 2 rings (SSSR count). The van der Waals surface area contributed by atoms with E-state index in [1.807, 2.05) is 6.07 Å². The first-order chi connectivity index (χ1) is 8.58. The molecule has 1 aromatic heterocycles. The summed E-state index contributed by atoms with van der Waals surface area (Å²) in [4.78, 5) is 23.2. The predicted octanol–water partition coefficient (Wildman–Crippen LogP) is 2.48. The van der Waals surface area contributed by atoms with E-state index in [1.54, 1.807) is 48.1 Å². The van der Waals surface area contributed by atoms with Gasteiger partial charge in [0.25, 0.3) is 5.91 Å². The topological polar surface area (TPSA) is 51.1 Å². The summed E-state index contributed by atoms with van der Waals surface area (Å²) in [5.41, 5.74) is 1.17. The van der Waals surface area contributed by atoms with Gasteiger partial charge in [-0.05, 0) is 25.1 Å². The fourth-order valence-electron chi connectivity index (χ4n) is 1.66. The highest BCUT2D eigenvalue weighted by molar-refractivity contribution is 6.04. The number of anilines is 1. The lowest BCUT2D eigenvalue weighted by molar-refractivity contribution is 0.101. The molecule has 1 N–H and O–H groups in total. The highest BCUT2D eigenvalue weighted by atomic mass is 16.1. The molecule has 0 saturated carbocycles. The van der Waals surface area contributed by atoms with E-state index in [9.17, 15) is 9.59 Å². The van der Waals surface area contributed by atoms with Crippen molar-refractivity contribution in [2.24, 2.45) is 7.05 Å². The Morgan fingerprint density at radius 1 is 1.11 bits per heavy atom. The van der Waals surface area contributed by atoms with Crippen LogP contribution in [0.2, 0.25) is 0 Å². The van der Waals surface area contributed by atoms with Gasteiger partial charge in [-0.2, -0.15) is 0 Å². The van der Waals surface area contributed by atoms with E-state index in [-0.39, 0.29) is 11.7 Å². The van der Waals surface area contributed by atoms with Crippen LogP contribution < -0.4 is 5.32 Å². The number of aryl methyl sites for hydroxylation is 1. The van der Waals surface area contributed by atoms with Crippen LogP contribution in [0.15, 0.2) is 42.6 Å². The zero-order chi connectivity index (χ0) is 13.1. The van der Waals surface area contributed by atoms with Crippen molar-refractivity contribution in [1.29, 1.82) is 0 Å². The smallest absolute Gasteiger partial charge is 0.256 e. The third kappa shape index (κ3) is 2.48. The number of amides is 1. The van der Waals surface area contributed by atoms with Gasteiger partial charge in [-0.15, -0.1) is 0 Å². The lowest BCUT2D eigenvalue weighted by Crippen LogP contribution is -2.13. The maximum Gasteiger partial charge on any atom is 0.256 e. The zero-order valence-corrected chi connectivity index (χ0v) is 10.3. The molecule has 4 nitrogen and oxygen atoms in total. The second-order valence-corrected chi connectivity index (χ2v) is 4.10. The molecule has 1 heterocycles. The minimum absolute atomic E-state index is 0.0224. The van der Waals surface area contributed by atoms with Crippen molar-refractivity contribution >= 4 is 17.5 Å². The highest BCUT2D eigenvalue weighted by Crippen LogP contribution is 2.14. The number of carbonyl (C=O) groups excluding carboxylic acids is 2. The van der Waals surface area contributed by atoms with E-state index < -0.39 is 0 Å². The van der Waals surface area contributed by atoms with Crippen LogP contribution in [-0.2, 0) is 7.05 Å². The third-order valence-electron chi connectivity index (χ3n) is 2.69. The first-order valence-electron chi connectivity index (χ1n) is 5.61. The van der Waals surface area contributed by atoms with Crippen LogP contribution >= 0.6 is 0 Å². The van der Waals surface area contributed by atoms with Crippen LogP contribution in [0.4, 0.5) is 5.82 Å². The Hall–Kier alpha value is -2.36. The van der Waals surface area contributed by atoms with E-state index in [0.717, 1.165) is 0 Å². The molecular formula is C14H14N2O2. The van der Waals surface area contributed by atoms with E-state index in [2.05, 4.69) is 5.32 Å². The normalized spacial score (nSPS) is 10.1. The van der Waals surface area contributed by atoms with Gasteiger partial charge in [-0.1, -0.05) is 18.2 Å². The summed E-state index contributed by atoms with van der Waals surface area (Å²) in [6, 6.07) is 10.6. The molecule has 0 radical (unpaired) electrons. The summed E-state index contributed by atoms with van der Waals surface area (Å²) in [6.07, 6.45) is 1.70. The largest absolute Gasteiger partial charge is 0.337 e. The summed E-state index contributed by atoms with van der Waals surface area (Å²) >= 11 is 0. The number of nitrogens with one attached hydrogen (secondary N) is 1. The first kappa shape index (κ1) is 12.1. The fraction of sp³-hybridized carbons (Fsp3) is 0.143. The summed E-state index contributed by atoms with van der Waals surface area (Å²) < 4.78 is 1.72. The molecule has 2 aromatic rings. The molecule has 1 aromatic carbocycles. The number of ketones is 1. The first-order valence-corrected chi connectivity index (χ1v) is 5.61. The molecule has 0 fully saturated rings. The maximum atomic E-state index is 11.9.